The van der Waals surface area contributed by atoms with Crippen molar-refractivity contribution in [1.29, 1.82) is 5.26 Å². The van der Waals surface area contributed by atoms with E-state index in [0.29, 0.717) is 0 Å². The molecule has 84 valence electrons. The van der Waals surface area contributed by atoms with Crippen LogP contribution in [0.25, 0.3) is 0 Å². The van der Waals surface area contributed by atoms with Crippen LogP contribution >= 0.6 is 0 Å². The van der Waals surface area contributed by atoms with Crippen LogP contribution in [0.15, 0.2) is 24.3 Å². The van der Waals surface area contributed by atoms with Gasteiger partial charge in [-0.05, 0) is 30.5 Å². The Kier molecular flexibility index (Phi) is 3.43. The van der Waals surface area contributed by atoms with Crippen molar-refractivity contribution in [3.63, 3.8) is 0 Å². The average molecular weight is 216 g/mol. The second-order valence-electron chi connectivity index (χ2n) is 4.16. The third kappa shape index (κ3) is 2.34. The zero-order valence-corrected chi connectivity index (χ0v) is 9.26. The summed E-state index contributed by atoms with van der Waals surface area (Å²) >= 11 is 0. The van der Waals surface area contributed by atoms with E-state index in [1.165, 1.54) is 18.5 Å². The fraction of sp³-hybridized carbons (Fsp3) is 0.462. The number of nitriles is 1. The highest BCUT2D eigenvalue weighted by atomic mass is 16.3. The highest BCUT2D eigenvalue weighted by Crippen LogP contribution is 2.23. The minimum absolute atomic E-state index is 0.156. The Bertz CT molecular complexity index is 374. The van der Waals surface area contributed by atoms with Crippen LogP contribution in [-0.2, 0) is 0 Å². The van der Waals surface area contributed by atoms with Crippen molar-refractivity contribution in [2.75, 3.05) is 18.0 Å². The molecule has 1 unspecified atom stereocenters. The Labute approximate surface area is 95.9 Å². The molecule has 0 aliphatic carbocycles. The number of aliphatic hydroxyl groups excluding tert-OH is 1. The number of benzene rings is 1. The lowest BCUT2D eigenvalue weighted by atomic mass is 10.1. The summed E-state index contributed by atoms with van der Waals surface area (Å²) < 4.78 is 0. The molecule has 0 radical (unpaired) electrons. The lowest BCUT2D eigenvalue weighted by molar-refractivity contribution is 0.183. The Balaban J connectivity index is 2.07. The van der Waals surface area contributed by atoms with E-state index in [2.05, 4.69) is 4.90 Å². The summed E-state index contributed by atoms with van der Waals surface area (Å²) in [6.45, 7) is 2.25. The molecule has 1 heterocycles. The Hall–Kier alpha value is -1.53. The van der Waals surface area contributed by atoms with Gasteiger partial charge in [0.15, 0.2) is 0 Å². The van der Waals surface area contributed by atoms with Gasteiger partial charge in [0, 0.05) is 18.8 Å². The van der Waals surface area contributed by atoms with Gasteiger partial charge in [0.1, 0.15) is 0 Å². The Morgan fingerprint density at radius 3 is 2.44 bits per heavy atom. The Morgan fingerprint density at radius 1 is 1.25 bits per heavy atom. The van der Waals surface area contributed by atoms with Crippen molar-refractivity contribution in [3.05, 3.63) is 29.8 Å². The minimum Gasteiger partial charge on any atom is -0.387 e. The number of nitrogens with zero attached hydrogens (tertiary/aromatic N) is 2. The fourth-order valence-electron chi connectivity index (χ4n) is 2.09. The molecule has 1 aromatic rings. The lowest BCUT2D eigenvalue weighted by Crippen LogP contribution is -2.17. The molecule has 0 spiro atoms. The van der Waals surface area contributed by atoms with E-state index < -0.39 is 6.10 Å². The summed E-state index contributed by atoms with van der Waals surface area (Å²) in [7, 11) is 0. The number of anilines is 1. The molecule has 1 aliphatic heterocycles. The van der Waals surface area contributed by atoms with Crippen LogP contribution in [-0.4, -0.2) is 18.2 Å². The molecule has 16 heavy (non-hydrogen) atoms. The van der Waals surface area contributed by atoms with Gasteiger partial charge >= 0.3 is 0 Å². The van der Waals surface area contributed by atoms with Crippen LogP contribution in [0.3, 0.4) is 0 Å². The maximum absolute atomic E-state index is 9.64. The summed E-state index contributed by atoms with van der Waals surface area (Å²) in [6, 6.07) is 9.86. The molecule has 3 nitrogen and oxygen atoms in total. The zero-order chi connectivity index (χ0) is 11.4. The summed E-state index contributed by atoms with van der Waals surface area (Å²) in [6.07, 6.45) is 2.03. The molecule has 1 aliphatic rings. The number of rotatable bonds is 3. The molecular formula is C13H16N2O. The second-order valence-corrected chi connectivity index (χ2v) is 4.16. The van der Waals surface area contributed by atoms with Gasteiger partial charge in [-0.25, -0.2) is 0 Å². The maximum atomic E-state index is 9.64. The number of hydrogen-bond donors (Lipinski definition) is 1. The zero-order valence-electron chi connectivity index (χ0n) is 9.26. The van der Waals surface area contributed by atoms with Crippen molar-refractivity contribution in [3.8, 4) is 6.07 Å². The third-order valence-corrected chi connectivity index (χ3v) is 3.03. The smallest absolute Gasteiger partial charge is 0.0919 e. The van der Waals surface area contributed by atoms with E-state index in [1.807, 2.05) is 30.3 Å². The van der Waals surface area contributed by atoms with Crippen molar-refractivity contribution in [2.24, 2.45) is 0 Å². The van der Waals surface area contributed by atoms with Crippen molar-refractivity contribution in [2.45, 2.75) is 25.4 Å². The SMILES string of the molecule is N#CCC(O)c1ccc(N2CCCC2)cc1. The topological polar surface area (TPSA) is 47.3 Å². The van der Waals surface area contributed by atoms with Crippen LogP contribution in [0.5, 0.6) is 0 Å². The second kappa shape index (κ2) is 5.00. The summed E-state index contributed by atoms with van der Waals surface area (Å²) in [4.78, 5) is 2.35. The molecule has 0 bridgehead atoms. The number of aliphatic hydroxyl groups is 1. The minimum atomic E-state index is -0.655. The monoisotopic (exact) mass is 216 g/mol. The fourth-order valence-corrected chi connectivity index (χ4v) is 2.09. The molecule has 1 saturated heterocycles. The first-order chi connectivity index (χ1) is 7.81. The highest BCUT2D eigenvalue weighted by Gasteiger charge is 2.13. The lowest BCUT2D eigenvalue weighted by Gasteiger charge is -2.18. The van der Waals surface area contributed by atoms with Gasteiger partial charge in [0.2, 0.25) is 0 Å². The molecule has 1 fully saturated rings. The van der Waals surface area contributed by atoms with Gasteiger partial charge < -0.3 is 10.0 Å². The van der Waals surface area contributed by atoms with Gasteiger partial charge in [-0.3, -0.25) is 0 Å². The van der Waals surface area contributed by atoms with Crippen LogP contribution in [0.2, 0.25) is 0 Å². The standard InChI is InChI=1S/C13H16N2O/c14-8-7-13(16)11-3-5-12(6-4-11)15-9-1-2-10-15/h3-6,13,16H,1-2,7,9-10H2. The van der Waals surface area contributed by atoms with Gasteiger partial charge in [0.05, 0.1) is 18.6 Å². The summed E-state index contributed by atoms with van der Waals surface area (Å²) in [5.74, 6) is 0. The van der Waals surface area contributed by atoms with Crippen molar-refractivity contribution >= 4 is 5.69 Å². The first-order valence-electron chi connectivity index (χ1n) is 5.71. The van der Waals surface area contributed by atoms with Crippen LogP contribution in [0.4, 0.5) is 5.69 Å². The number of hydrogen-bond acceptors (Lipinski definition) is 3. The molecule has 1 N–H and O–H groups in total. The highest BCUT2D eigenvalue weighted by molar-refractivity contribution is 5.48. The molecule has 0 amide bonds. The van der Waals surface area contributed by atoms with Gasteiger partial charge in [0.25, 0.3) is 0 Å². The molecular weight excluding hydrogens is 200 g/mol. The van der Waals surface area contributed by atoms with Crippen molar-refractivity contribution < 1.29 is 5.11 Å². The van der Waals surface area contributed by atoms with E-state index in [-0.39, 0.29) is 6.42 Å². The maximum Gasteiger partial charge on any atom is 0.0919 e. The Morgan fingerprint density at radius 2 is 1.88 bits per heavy atom. The molecule has 0 saturated carbocycles. The average Bonchev–Trinajstić information content (AvgIpc) is 2.83. The van der Waals surface area contributed by atoms with Crippen LogP contribution in [0, 0.1) is 11.3 Å². The normalized spacial score (nSPS) is 17.1. The van der Waals surface area contributed by atoms with Crippen LogP contribution in [0.1, 0.15) is 30.9 Å². The quantitative estimate of drug-likeness (QED) is 0.842. The predicted molar refractivity (Wildman–Crippen MR) is 63.1 cm³/mol. The molecule has 3 heteroatoms. The van der Waals surface area contributed by atoms with Gasteiger partial charge in [-0.2, -0.15) is 5.26 Å². The summed E-state index contributed by atoms with van der Waals surface area (Å²) in [5, 5.41) is 18.1. The van der Waals surface area contributed by atoms with E-state index in [1.54, 1.807) is 0 Å². The van der Waals surface area contributed by atoms with Gasteiger partial charge in [-0.15, -0.1) is 0 Å². The van der Waals surface area contributed by atoms with E-state index in [9.17, 15) is 5.11 Å². The van der Waals surface area contributed by atoms with E-state index in [0.717, 1.165) is 18.7 Å². The molecule has 1 aromatic carbocycles. The molecule has 2 rings (SSSR count). The predicted octanol–water partition coefficient (Wildman–Crippen LogP) is 2.23. The van der Waals surface area contributed by atoms with E-state index >= 15 is 0 Å². The van der Waals surface area contributed by atoms with E-state index in [4.69, 9.17) is 5.26 Å². The largest absolute Gasteiger partial charge is 0.387 e. The molecule has 0 aromatic heterocycles. The summed E-state index contributed by atoms with van der Waals surface area (Å²) in [5.41, 5.74) is 2.04. The third-order valence-electron chi connectivity index (χ3n) is 3.03. The van der Waals surface area contributed by atoms with Crippen LogP contribution < -0.4 is 4.90 Å². The molecule has 1 atom stereocenters. The first-order valence-corrected chi connectivity index (χ1v) is 5.71. The van der Waals surface area contributed by atoms with Crippen molar-refractivity contribution in [1.82, 2.24) is 0 Å². The van der Waals surface area contributed by atoms with Gasteiger partial charge in [-0.1, -0.05) is 12.1 Å². The first kappa shape index (κ1) is 11.0.